The van der Waals surface area contributed by atoms with Crippen LogP contribution in [0.4, 0.5) is 0 Å². The molecular formula is C15H11Br2IO2. The van der Waals surface area contributed by atoms with Crippen LogP contribution in [0, 0.1) is 3.57 Å². The van der Waals surface area contributed by atoms with E-state index in [2.05, 4.69) is 54.5 Å². The molecule has 0 N–H and O–H groups in total. The van der Waals surface area contributed by atoms with Gasteiger partial charge < -0.3 is 4.74 Å². The Kier molecular flexibility index (Phi) is 5.63. The van der Waals surface area contributed by atoms with Gasteiger partial charge in [0.25, 0.3) is 0 Å². The van der Waals surface area contributed by atoms with Gasteiger partial charge in [-0.15, -0.1) is 0 Å². The first-order valence-corrected chi connectivity index (χ1v) is 8.61. The van der Waals surface area contributed by atoms with Gasteiger partial charge in [0.05, 0.1) is 12.2 Å². The van der Waals surface area contributed by atoms with Crippen LogP contribution >= 0.6 is 54.5 Å². The van der Waals surface area contributed by atoms with Crippen LogP contribution in [-0.2, 0) is 0 Å². The molecule has 0 radical (unpaired) electrons. The van der Waals surface area contributed by atoms with Crippen molar-refractivity contribution in [2.24, 2.45) is 0 Å². The number of halogens is 3. The number of rotatable bonds is 4. The van der Waals surface area contributed by atoms with E-state index >= 15 is 0 Å². The van der Waals surface area contributed by atoms with Crippen LogP contribution in [0.25, 0.3) is 0 Å². The third-order valence-electron chi connectivity index (χ3n) is 2.66. The van der Waals surface area contributed by atoms with E-state index in [4.69, 9.17) is 4.74 Å². The number of hydrogen-bond acceptors (Lipinski definition) is 2. The lowest BCUT2D eigenvalue weighted by atomic mass is 10.0. The van der Waals surface area contributed by atoms with E-state index < -0.39 is 0 Å². The molecule has 5 heteroatoms. The van der Waals surface area contributed by atoms with Crippen molar-refractivity contribution >= 4 is 60.2 Å². The highest BCUT2D eigenvalue weighted by atomic mass is 127. The molecule has 0 bridgehead atoms. The van der Waals surface area contributed by atoms with Crippen molar-refractivity contribution in [3.05, 3.63) is 60.0 Å². The molecule has 0 atom stereocenters. The lowest BCUT2D eigenvalue weighted by Gasteiger charge is -2.11. The van der Waals surface area contributed by atoms with Gasteiger partial charge in [0, 0.05) is 18.1 Å². The quantitative estimate of drug-likeness (QED) is 0.405. The monoisotopic (exact) mass is 508 g/mol. The molecule has 0 amide bonds. The summed E-state index contributed by atoms with van der Waals surface area (Å²) in [5.74, 6) is 0.548. The van der Waals surface area contributed by atoms with Gasteiger partial charge in [0.1, 0.15) is 5.75 Å². The van der Waals surface area contributed by atoms with E-state index in [0.717, 1.165) is 12.5 Å². The summed E-state index contributed by atoms with van der Waals surface area (Å²) < 4.78 is 8.20. The molecule has 2 rings (SSSR count). The molecule has 0 aliphatic rings. The SMILES string of the molecule is CCOc1ccc(Br)cc1C(=O)c1cc(I)ccc1Br. The van der Waals surface area contributed by atoms with Crippen molar-refractivity contribution < 1.29 is 9.53 Å². The minimum absolute atomic E-state index is 0.0554. The van der Waals surface area contributed by atoms with Crippen molar-refractivity contribution in [1.29, 1.82) is 0 Å². The summed E-state index contributed by atoms with van der Waals surface area (Å²) in [7, 11) is 0. The normalized spacial score (nSPS) is 10.4. The van der Waals surface area contributed by atoms with Crippen LogP contribution in [0.5, 0.6) is 5.75 Å². The fraction of sp³-hybridized carbons (Fsp3) is 0.133. The van der Waals surface area contributed by atoms with Gasteiger partial charge in [0.15, 0.2) is 5.78 Å². The van der Waals surface area contributed by atoms with Crippen molar-refractivity contribution in [2.45, 2.75) is 6.92 Å². The number of hydrogen-bond donors (Lipinski definition) is 0. The van der Waals surface area contributed by atoms with Crippen LogP contribution in [0.15, 0.2) is 45.3 Å². The Morgan fingerprint density at radius 2 is 1.90 bits per heavy atom. The molecule has 0 fully saturated rings. The van der Waals surface area contributed by atoms with Gasteiger partial charge in [0.2, 0.25) is 0 Å². The standard InChI is InChI=1S/C15H11Br2IO2/c1-2-20-14-6-3-9(16)7-12(14)15(19)11-8-10(18)4-5-13(11)17/h3-8H,2H2,1H3. The molecule has 2 nitrogen and oxygen atoms in total. The number of ketones is 1. The van der Waals surface area contributed by atoms with Gasteiger partial charge >= 0.3 is 0 Å². The Morgan fingerprint density at radius 1 is 1.15 bits per heavy atom. The number of carbonyl (C=O) groups excluding carboxylic acids is 1. The second-order valence-electron chi connectivity index (χ2n) is 4.03. The fourth-order valence-electron chi connectivity index (χ4n) is 1.78. The molecule has 0 saturated carbocycles. The molecule has 0 spiro atoms. The smallest absolute Gasteiger partial charge is 0.197 e. The Labute approximate surface area is 148 Å². The minimum Gasteiger partial charge on any atom is -0.493 e. The average molecular weight is 510 g/mol. The molecule has 2 aromatic carbocycles. The van der Waals surface area contributed by atoms with Crippen LogP contribution in [0.1, 0.15) is 22.8 Å². The van der Waals surface area contributed by atoms with E-state index in [-0.39, 0.29) is 5.78 Å². The van der Waals surface area contributed by atoms with Gasteiger partial charge in [-0.25, -0.2) is 0 Å². The highest BCUT2D eigenvalue weighted by Crippen LogP contribution is 2.29. The minimum atomic E-state index is -0.0554. The van der Waals surface area contributed by atoms with E-state index in [1.165, 1.54) is 0 Å². The first-order chi connectivity index (χ1) is 9.52. The maximum absolute atomic E-state index is 12.7. The van der Waals surface area contributed by atoms with Gasteiger partial charge in [-0.2, -0.15) is 0 Å². The fourth-order valence-corrected chi connectivity index (χ4v) is 3.06. The zero-order chi connectivity index (χ0) is 14.7. The number of ether oxygens (including phenoxy) is 1. The third-order valence-corrected chi connectivity index (χ3v) is 4.51. The molecule has 104 valence electrons. The molecule has 2 aromatic rings. The maximum Gasteiger partial charge on any atom is 0.197 e. The van der Waals surface area contributed by atoms with Crippen LogP contribution in [0.2, 0.25) is 0 Å². The molecule has 0 aliphatic heterocycles. The Balaban J connectivity index is 2.52. The Morgan fingerprint density at radius 3 is 2.60 bits per heavy atom. The molecule has 0 heterocycles. The predicted octanol–water partition coefficient (Wildman–Crippen LogP) is 5.45. The summed E-state index contributed by atoms with van der Waals surface area (Å²) >= 11 is 9.03. The van der Waals surface area contributed by atoms with Crippen molar-refractivity contribution in [1.82, 2.24) is 0 Å². The van der Waals surface area contributed by atoms with E-state index in [1.807, 2.05) is 37.3 Å². The summed E-state index contributed by atoms with van der Waals surface area (Å²) in [4.78, 5) is 12.7. The van der Waals surface area contributed by atoms with E-state index in [0.29, 0.717) is 23.5 Å². The van der Waals surface area contributed by atoms with E-state index in [9.17, 15) is 4.79 Å². The molecule has 0 aliphatic carbocycles. The molecule has 0 aromatic heterocycles. The highest BCUT2D eigenvalue weighted by molar-refractivity contribution is 14.1. The zero-order valence-electron chi connectivity index (χ0n) is 10.6. The van der Waals surface area contributed by atoms with Gasteiger partial charge in [-0.1, -0.05) is 31.9 Å². The topological polar surface area (TPSA) is 26.3 Å². The molecule has 0 saturated heterocycles. The first kappa shape index (κ1) is 16.0. The Hall–Kier alpha value is -0.400. The molecule has 0 unspecified atom stereocenters. The summed E-state index contributed by atoms with van der Waals surface area (Å²) in [6.07, 6.45) is 0. The lowest BCUT2D eigenvalue weighted by Crippen LogP contribution is -2.06. The van der Waals surface area contributed by atoms with Gasteiger partial charge in [-0.3, -0.25) is 4.79 Å². The second-order valence-corrected chi connectivity index (χ2v) is 7.04. The Bertz CT molecular complexity index is 656. The van der Waals surface area contributed by atoms with Crippen molar-refractivity contribution in [3.63, 3.8) is 0 Å². The maximum atomic E-state index is 12.7. The third kappa shape index (κ3) is 3.62. The number of carbonyl (C=O) groups is 1. The van der Waals surface area contributed by atoms with Crippen molar-refractivity contribution in [3.8, 4) is 5.75 Å². The van der Waals surface area contributed by atoms with Crippen molar-refractivity contribution in [2.75, 3.05) is 6.61 Å². The van der Waals surface area contributed by atoms with E-state index in [1.54, 1.807) is 6.07 Å². The summed E-state index contributed by atoms with van der Waals surface area (Å²) in [5, 5.41) is 0. The summed E-state index contributed by atoms with van der Waals surface area (Å²) in [5.41, 5.74) is 1.19. The highest BCUT2D eigenvalue weighted by Gasteiger charge is 2.18. The van der Waals surface area contributed by atoms with Crippen LogP contribution in [0.3, 0.4) is 0 Å². The lowest BCUT2D eigenvalue weighted by molar-refractivity contribution is 0.103. The van der Waals surface area contributed by atoms with Gasteiger partial charge in [-0.05, 0) is 65.9 Å². The largest absolute Gasteiger partial charge is 0.493 e. The first-order valence-electron chi connectivity index (χ1n) is 5.95. The second kappa shape index (κ2) is 7.04. The number of benzene rings is 2. The summed E-state index contributed by atoms with van der Waals surface area (Å²) in [6.45, 7) is 2.42. The predicted molar refractivity (Wildman–Crippen MR) is 95.6 cm³/mol. The molecule has 20 heavy (non-hydrogen) atoms. The van der Waals surface area contributed by atoms with Crippen LogP contribution in [-0.4, -0.2) is 12.4 Å². The van der Waals surface area contributed by atoms with Crippen LogP contribution < -0.4 is 4.74 Å². The zero-order valence-corrected chi connectivity index (χ0v) is 16.0. The molecular weight excluding hydrogens is 499 g/mol. The average Bonchev–Trinajstić information content (AvgIpc) is 2.43. The summed E-state index contributed by atoms with van der Waals surface area (Å²) in [6, 6.07) is 11.2.